The molecule has 0 radical (unpaired) electrons. The van der Waals surface area contributed by atoms with Gasteiger partial charge in [-0.1, -0.05) is 36.4 Å². The summed E-state index contributed by atoms with van der Waals surface area (Å²) in [4.78, 5) is 19.2. The van der Waals surface area contributed by atoms with Gasteiger partial charge in [0.15, 0.2) is 4.77 Å². The minimum atomic E-state index is -0.457. The van der Waals surface area contributed by atoms with E-state index in [1.165, 1.54) is 16.3 Å². The number of rotatable bonds is 5. The number of hydrogen-bond acceptors (Lipinski definition) is 4. The second kappa shape index (κ2) is 8.14. The summed E-state index contributed by atoms with van der Waals surface area (Å²) in [5, 5.41) is 10.7. The van der Waals surface area contributed by atoms with Crippen LogP contribution in [0.15, 0.2) is 58.3 Å². The van der Waals surface area contributed by atoms with Crippen molar-refractivity contribution in [3.63, 3.8) is 0 Å². The Morgan fingerprint density at radius 3 is 2.48 bits per heavy atom. The van der Waals surface area contributed by atoms with E-state index in [4.69, 9.17) is 12.2 Å². The maximum absolute atomic E-state index is 12.3. The molecule has 3 rings (SSSR count). The lowest BCUT2D eigenvalue weighted by atomic mass is 10.1. The van der Waals surface area contributed by atoms with Crippen molar-refractivity contribution in [2.45, 2.75) is 20.3 Å². The van der Waals surface area contributed by atoms with Crippen LogP contribution < -0.4 is 5.56 Å². The van der Waals surface area contributed by atoms with E-state index in [-0.39, 0.29) is 16.2 Å². The lowest BCUT2D eigenvalue weighted by molar-refractivity contribution is 0.432. The smallest absolute Gasteiger partial charge is 0.264 e. The van der Waals surface area contributed by atoms with Gasteiger partial charge in [0, 0.05) is 12.8 Å². The average Bonchev–Trinajstić information content (AvgIpc) is 2.60. The zero-order valence-corrected chi connectivity index (χ0v) is 16.1. The van der Waals surface area contributed by atoms with E-state index in [0.29, 0.717) is 12.2 Å². The largest absolute Gasteiger partial charge is 0.494 e. The molecule has 138 valence electrons. The van der Waals surface area contributed by atoms with Gasteiger partial charge in [0.25, 0.3) is 5.56 Å². The number of aryl methyl sites for hydroxylation is 2. The summed E-state index contributed by atoms with van der Waals surface area (Å²) in [5.74, 6) is -0.211. The number of aromatic hydroxyl groups is 1. The number of aliphatic imine (C=N–C) groups is 1. The number of aromatic amines is 1. The highest BCUT2D eigenvalue weighted by Gasteiger charge is 2.13. The van der Waals surface area contributed by atoms with Crippen LogP contribution in [0.25, 0.3) is 5.69 Å². The van der Waals surface area contributed by atoms with E-state index in [0.717, 1.165) is 17.5 Å². The van der Waals surface area contributed by atoms with Gasteiger partial charge in [-0.3, -0.25) is 19.3 Å². The molecule has 1 heterocycles. The Bertz CT molecular complexity index is 1080. The first-order valence-electron chi connectivity index (χ1n) is 8.66. The van der Waals surface area contributed by atoms with Gasteiger partial charge >= 0.3 is 0 Å². The molecular formula is C21H21N3O2S. The normalized spacial score (nSPS) is 11.2. The van der Waals surface area contributed by atoms with Gasteiger partial charge in [-0.05, 0) is 61.3 Å². The highest BCUT2D eigenvalue weighted by molar-refractivity contribution is 7.71. The summed E-state index contributed by atoms with van der Waals surface area (Å²) in [6.45, 7) is 4.45. The minimum Gasteiger partial charge on any atom is -0.494 e. The molecule has 2 aromatic carbocycles. The van der Waals surface area contributed by atoms with Gasteiger partial charge in [0.05, 0.1) is 5.69 Å². The number of nitrogens with one attached hydrogen (secondary N) is 1. The highest BCUT2D eigenvalue weighted by atomic mass is 32.1. The van der Waals surface area contributed by atoms with Crippen LogP contribution in [0.2, 0.25) is 0 Å². The molecule has 0 amide bonds. The third-order valence-corrected chi connectivity index (χ3v) is 4.46. The zero-order chi connectivity index (χ0) is 19.4. The molecule has 0 spiro atoms. The monoisotopic (exact) mass is 379 g/mol. The number of aromatic nitrogens is 2. The first kappa shape index (κ1) is 18.8. The first-order chi connectivity index (χ1) is 13.0. The molecule has 3 aromatic rings. The van der Waals surface area contributed by atoms with Crippen LogP contribution in [-0.2, 0) is 6.42 Å². The summed E-state index contributed by atoms with van der Waals surface area (Å²) >= 11 is 5.26. The Balaban J connectivity index is 1.93. The van der Waals surface area contributed by atoms with Crippen molar-refractivity contribution in [3.05, 3.63) is 85.9 Å². The van der Waals surface area contributed by atoms with Crippen LogP contribution >= 0.6 is 12.2 Å². The molecule has 27 heavy (non-hydrogen) atoms. The van der Waals surface area contributed by atoms with Crippen molar-refractivity contribution in [3.8, 4) is 11.6 Å². The molecule has 0 aliphatic carbocycles. The number of benzene rings is 2. The van der Waals surface area contributed by atoms with Crippen molar-refractivity contribution in [1.29, 1.82) is 0 Å². The fraction of sp³-hybridized carbons (Fsp3) is 0.190. The first-order valence-corrected chi connectivity index (χ1v) is 9.07. The van der Waals surface area contributed by atoms with Crippen LogP contribution in [0.3, 0.4) is 0 Å². The van der Waals surface area contributed by atoms with Gasteiger partial charge in [-0.25, -0.2) is 0 Å². The molecule has 0 saturated heterocycles. The summed E-state index contributed by atoms with van der Waals surface area (Å²) in [7, 11) is 0. The molecule has 1 aromatic heterocycles. The SMILES string of the molecule is Cc1cc(C)cc(-n2c(O)c(C=NCCc3ccccc3)c(=O)[nH]c2=S)c1. The molecule has 2 N–H and O–H groups in total. The standard InChI is InChI=1S/C21H21N3O2S/c1-14-10-15(2)12-17(11-14)24-20(26)18(19(25)23-21(24)27)13-22-9-8-16-6-4-3-5-7-16/h3-7,10-13,26H,8-9H2,1-2H3,(H,23,25,27). The number of H-pyrrole nitrogens is 1. The number of hydrogen-bond donors (Lipinski definition) is 2. The fourth-order valence-electron chi connectivity index (χ4n) is 2.97. The van der Waals surface area contributed by atoms with Crippen molar-refractivity contribution < 1.29 is 5.11 Å². The van der Waals surface area contributed by atoms with E-state index < -0.39 is 5.56 Å². The third-order valence-electron chi connectivity index (χ3n) is 4.18. The van der Waals surface area contributed by atoms with Crippen molar-refractivity contribution in [2.75, 3.05) is 6.54 Å². The van der Waals surface area contributed by atoms with E-state index in [2.05, 4.69) is 9.98 Å². The molecule has 5 nitrogen and oxygen atoms in total. The molecule has 0 bridgehead atoms. The second-order valence-electron chi connectivity index (χ2n) is 6.45. The maximum Gasteiger partial charge on any atom is 0.264 e. The molecule has 0 fully saturated rings. The lowest BCUT2D eigenvalue weighted by Gasteiger charge is -2.12. The summed E-state index contributed by atoms with van der Waals surface area (Å²) < 4.78 is 1.60. The Morgan fingerprint density at radius 1 is 1.15 bits per heavy atom. The Hall–Kier alpha value is -2.99. The van der Waals surface area contributed by atoms with Gasteiger partial charge in [-0.2, -0.15) is 0 Å². The van der Waals surface area contributed by atoms with Crippen LogP contribution in [-0.4, -0.2) is 27.4 Å². The molecule has 0 saturated carbocycles. The summed E-state index contributed by atoms with van der Waals surface area (Å²) in [6, 6.07) is 15.8. The van der Waals surface area contributed by atoms with E-state index in [1.807, 2.05) is 62.4 Å². The van der Waals surface area contributed by atoms with Crippen molar-refractivity contribution >= 4 is 18.4 Å². The average molecular weight is 379 g/mol. The highest BCUT2D eigenvalue weighted by Crippen LogP contribution is 2.21. The zero-order valence-electron chi connectivity index (χ0n) is 15.3. The fourth-order valence-corrected chi connectivity index (χ4v) is 3.25. The quantitative estimate of drug-likeness (QED) is 0.522. The van der Waals surface area contributed by atoms with Gasteiger partial charge in [0.1, 0.15) is 5.56 Å². The van der Waals surface area contributed by atoms with E-state index in [9.17, 15) is 9.90 Å². The Kier molecular flexibility index (Phi) is 5.66. The summed E-state index contributed by atoms with van der Waals surface area (Å²) in [6.07, 6.45) is 2.16. The van der Waals surface area contributed by atoms with Crippen molar-refractivity contribution in [2.24, 2.45) is 4.99 Å². The Labute approximate surface area is 162 Å². The predicted octanol–water partition coefficient (Wildman–Crippen LogP) is 3.88. The van der Waals surface area contributed by atoms with Crippen LogP contribution in [0.1, 0.15) is 22.3 Å². The third kappa shape index (κ3) is 4.41. The molecule has 0 aliphatic rings. The van der Waals surface area contributed by atoms with Crippen LogP contribution in [0, 0.1) is 18.6 Å². The number of nitrogens with zero attached hydrogens (tertiary/aromatic N) is 2. The topological polar surface area (TPSA) is 70.4 Å². The van der Waals surface area contributed by atoms with Gasteiger partial charge < -0.3 is 5.11 Å². The van der Waals surface area contributed by atoms with Gasteiger partial charge in [-0.15, -0.1) is 0 Å². The second-order valence-corrected chi connectivity index (χ2v) is 6.84. The van der Waals surface area contributed by atoms with Gasteiger partial charge in [0.2, 0.25) is 5.88 Å². The molecule has 0 aliphatic heterocycles. The Morgan fingerprint density at radius 2 is 1.81 bits per heavy atom. The van der Waals surface area contributed by atoms with E-state index in [1.54, 1.807) is 0 Å². The summed E-state index contributed by atoms with van der Waals surface area (Å²) in [5.41, 5.74) is 3.58. The maximum atomic E-state index is 12.3. The molecule has 0 atom stereocenters. The molecule has 6 heteroatoms. The molecular weight excluding hydrogens is 358 g/mol. The van der Waals surface area contributed by atoms with E-state index >= 15 is 0 Å². The van der Waals surface area contributed by atoms with Crippen LogP contribution in [0.4, 0.5) is 0 Å². The van der Waals surface area contributed by atoms with Crippen molar-refractivity contribution in [1.82, 2.24) is 9.55 Å². The predicted molar refractivity (Wildman–Crippen MR) is 111 cm³/mol. The molecule has 0 unspecified atom stereocenters. The van der Waals surface area contributed by atoms with Crippen LogP contribution in [0.5, 0.6) is 5.88 Å². The minimum absolute atomic E-state index is 0.0934. The lowest BCUT2D eigenvalue weighted by Crippen LogP contribution is -2.18.